The smallest absolute Gasteiger partial charge is 0.319 e. The van der Waals surface area contributed by atoms with E-state index in [1.165, 1.54) is 0 Å². The fraction of sp³-hybridized carbons (Fsp3) is 0.304. The molecular formula is C23H26N4O2. The van der Waals surface area contributed by atoms with Crippen LogP contribution in [0.2, 0.25) is 0 Å². The van der Waals surface area contributed by atoms with Gasteiger partial charge in [-0.1, -0.05) is 25.5 Å². The van der Waals surface area contributed by atoms with Crippen molar-refractivity contribution in [2.75, 3.05) is 19.0 Å². The van der Waals surface area contributed by atoms with Gasteiger partial charge in [-0.3, -0.25) is 0 Å². The van der Waals surface area contributed by atoms with Gasteiger partial charge in [0.25, 0.3) is 0 Å². The highest BCUT2D eigenvalue weighted by Crippen LogP contribution is 2.36. The molecule has 0 unspecified atom stereocenters. The fourth-order valence-electron chi connectivity index (χ4n) is 3.47. The molecule has 0 aliphatic carbocycles. The second-order valence-corrected chi connectivity index (χ2v) is 6.79. The molecule has 0 aliphatic rings. The van der Waals surface area contributed by atoms with Crippen molar-refractivity contribution in [2.45, 2.75) is 33.2 Å². The van der Waals surface area contributed by atoms with E-state index in [-0.39, 0.29) is 6.03 Å². The van der Waals surface area contributed by atoms with Crippen LogP contribution >= 0.6 is 0 Å². The highest BCUT2D eigenvalue weighted by Gasteiger charge is 2.19. The van der Waals surface area contributed by atoms with Gasteiger partial charge < -0.3 is 19.9 Å². The van der Waals surface area contributed by atoms with Crippen LogP contribution in [0.15, 0.2) is 42.5 Å². The lowest BCUT2D eigenvalue weighted by atomic mass is 10.1. The van der Waals surface area contributed by atoms with Crippen molar-refractivity contribution in [3.8, 4) is 23.1 Å². The molecule has 0 saturated carbocycles. The first-order valence-corrected chi connectivity index (χ1v) is 9.88. The molecule has 6 heteroatoms. The SMILES string of the molecule is CCCCn1c(-c2ccc(NC(=O)NCC)cc2)c(C#N)c2ccc(OC)cc21. The van der Waals surface area contributed by atoms with E-state index < -0.39 is 0 Å². The molecule has 150 valence electrons. The Morgan fingerprint density at radius 3 is 2.55 bits per heavy atom. The number of carbonyl (C=O) groups excluding carboxylic acids is 1. The van der Waals surface area contributed by atoms with Crippen molar-refractivity contribution in [1.29, 1.82) is 5.26 Å². The van der Waals surface area contributed by atoms with Gasteiger partial charge in [0.1, 0.15) is 11.8 Å². The fourth-order valence-corrected chi connectivity index (χ4v) is 3.47. The molecular weight excluding hydrogens is 364 g/mol. The molecule has 3 rings (SSSR count). The quantitative estimate of drug-likeness (QED) is 0.587. The van der Waals surface area contributed by atoms with Gasteiger partial charge in [0.2, 0.25) is 0 Å². The minimum absolute atomic E-state index is 0.234. The van der Waals surface area contributed by atoms with E-state index in [0.29, 0.717) is 17.8 Å². The van der Waals surface area contributed by atoms with E-state index in [0.717, 1.165) is 47.3 Å². The van der Waals surface area contributed by atoms with Crippen LogP contribution in [0.5, 0.6) is 5.75 Å². The predicted octanol–water partition coefficient (Wildman–Crippen LogP) is 5.13. The van der Waals surface area contributed by atoms with E-state index in [4.69, 9.17) is 4.74 Å². The number of benzene rings is 2. The van der Waals surface area contributed by atoms with Gasteiger partial charge >= 0.3 is 6.03 Å². The molecule has 3 aromatic rings. The highest BCUT2D eigenvalue weighted by atomic mass is 16.5. The maximum absolute atomic E-state index is 11.7. The van der Waals surface area contributed by atoms with E-state index in [2.05, 4.69) is 28.2 Å². The number of hydrogen-bond acceptors (Lipinski definition) is 3. The summed E-state index contributed by atoms with van der Waals surface area (Å²) >= 11 is 0. The number of fused-ring (bicyclic) bond motifs is 1. The summed E-state index contributed by atoms with van der Waals surface area (Å²) in [5.74, 6) is 0.769. The molecule has 0 spiro atoms. The summed E-state index contributed by atoms with van der Waals surface area (Å²) in [6, 6.07) is 15.6. The second kappa shape index (κ2) is 9.16. The standard InChI is InChI=1S/C23H26N4O2/c1-4-6-13-27-21-14-18(29-3)11-12-19(21)20(15-24)22(27)16-7-9-17(10-8-16)26-23(28)25-5-2/h7-12,14H,4-6,13H2,1-3H3,(H2,25,26,28). The summed E-state index contributed by atoms with van der Waals surface area (Å²) in [7, 11) is 1.65. The number of aryl methyl sites for hydroxylation is 1. The lowest BCUT2D eigenvalue weighted by Crippen LogP contribution is -2.28. The number of hydrogen-bond donors (Lipinski definition) is 2. The van der Waals surface area contributed by atoms with Crippen LogP contribution in [0.1, 0.15) is 32.3 Å². The first-order valence-electron chi connectivity index (χ1n) is 9.88. The van der Waals surface area contributed by atoms with Gasteiger partial charge in [0.05, 0.1) is 23.9 Å². The Bertz CT molecular complexity index is 1050. The summed E-state index contributed by atoms with van der Waals surface area (Å²) < 4.78 is 7.60. The number of aromatic nitrogens is 1. The summed E-state index contributed by atoms with van der Waals surface area (Å²) in [5, 5.41) is 16.3. The number of rotatable bonds is 7. The van der Waals surface area contributed by atoms with Crippen LogP contribution in [-0.2, 0) is 6.54 Å². The van der Waals surface area contributed by atoms with Gasteiger partial charge in [0.15, 0.2) is 0 Å². The molecule has 0 atom stereocenters. The second-order valence-electron chi connectivity index (χ2n) is 6.79. The zero-order valence-electron chi connectivity index (χ0n) is 17.1. The molecule has 1 aromatic heterocycles. The van der Waals surface area contributed by atoms with Crippen LogP contribution in [0.3, 0.4) is 0 Å². The number of nitrogens with one attached hydrogen (secondary N) is 2. The Morgan fingerprint density at radius 1 is 1.17 bits per heavy atom. The largest absolute Gasteiger partial charge is 0.497 e. The monoisotopic (exact) mass is 390 g/mol. The van der Waals surface area contributed by atoms with Gasteiger partial charge in [-0.05, 0) is 43.2 Å². The summed E-state index contributed by atoms with van der Waals surface area (Å²) in [6.45, 7) is 5.40. The van der Waals surface area contributed by atoms with Crippen LogP contribution in [0.4, 0.5) is 10.5 Å². The Balaban J connectivity index is 2.09. The third-order valence-electron chi connectivity index (χ3n) is 4.87. The van der Waals surface area contributed by atoms with Crippen molar-refractivity contribution in [1.82, 2.24) is 9.88 Å². The number of methoxy groups -OCH3 is 1. The Kier molecular flexibility index (Phi) is 6.40. The number of urea groups is 1. The lowest BCUT2D eigenvalue weighted by Gasteiger charge is -2.12. The summed E-state index contributed by atoms with van der Waals surface area (Å²) in [5.41, 5.74) is 4.19. The van der Waals surface area contributed by atoms with Crippen molar-refractivity contribution in [3.63, 3.8) is 0 Å². The summed E-state index contributed by atoms with van der Waals surface area (Å²) in [4.78, 5) is 11.7. The first-order chi connectivity index (χ1) is 14.1. The molecule has 6 nitrogen and oxygen atoms in total. The molecule has 0 radical (unpaired) electrons. The minimum Gasteiger partial charge on any atom is -0.497 e. The van der Waals surface area contributed by atoms with Crippen LogP contribution in [-0.4, -0.2) is 24.3 Å². The Labute approximate surface area is 171 Å². The molecule has 0 saturated heterocycles. The summed E-state index contributed by atoms with van der Waals surface area (Å²) in [6.07, 6.45) is 2.07. The lowest BCUT2D eigenvalue weighted by molar-refractivity contribution is 0.252. The number of nitrogens with zero attached hydrogens (tertiary/aromatic N) is 2. The zero-order chi connectivity index (χ0) is 20.8. The van der Waals surface area contributed by atoms with Gasteiger partial charge in [-0.25, -0.2) is 4.79 Å². The third kappa shape index (κ3) is 4.19. The predicted molar refractivity (Wildman–Crippen MR) is 116 cm³/mol. The molecule has 29 heavy (non-hydrogen) atoms. The van der Waals surface area contributed by atoms with Gasteiger partial charge in [-0.15, -0.1) is 0 Å². The van der Waals surface area contributed by atoms with Crippen LogP contribution in [0.25, 0.3) is 22.2 Å². The van der Waals surface area contributed by atoms with Crippen molar-refractivity contribution in [3.05, 3.63) is 48.0 Å². The molecule has 0 fully saturated rings. The number of nitriles is 1. The highest BCUT2D eigenvalue weighted by molar-refractivity contribution is 5.96. The van der Waals surface area contributed by atoms with Gasteiger partial charge in [-0.2, -0.15) is 5.26 Å². The Hall–Kier alpha value is -3.46. The Morgan fingerprint density at radius 2 is 1.93 bits per heavy atom. The molecule has 1 heterocycles. The molecule has 2 N–H and O–H groups in total. The van der Waals surface area contributed by atoms with Crippen molar-refractivity contribution < 1.29 is 9.53 Å². The number of anilines is 1. The molecule has 2 aromatic carbocycles. The normalized spacial score (nSPS) is 10.6. The van der Waals surface area contributed by atoms with E-state index in [1.54, 1.807) is 7.11 Å². The zero-order valence-corrected chi connectivity index (χ0v) is 17.1. The maximum atomic E-state index is 11.7. The molecule has 2 amide bonds. The van der Waals surface area contributed by atoms with Crippen LogP contribution < -0.4 is 15.4 Å². The van der Waals surface area contributed by atoms with Crippen LogP contribution in [0, 0.1) is 11.3 Å². The molecule has 0 bridgehead atoms. The number of unbranched alkanes of at least 4 members (excludes halogenated alkanes) is 1. The number of ether oxygens (including phenoxy) is 1. The first kappa shape index (κ1) is 20.3. The van der Waals surface area contributed by atoms with Crippen molar-refractivity contribution >= 4 is 22.6 Å². The maximum Gasteiger partial charge on any atom is 0.319 e. The number of carbonyl (C=O) groups is 1. The van der Waals surface area contributed by atoms with Crippen molar-refractivity contribution in [2.24, 2.45) is 0 Å². The number of amides is 2. The van der Waals surface area contributed by atoms with Gasteiger partial charge in [0, 0.05) is 30.2 Å². The van der Waals surface area contributed by atoms with E-state index >= 15 is 0 Å². The van der Waals surface area contributed by atoms with E-state index in [9.17, 15) is 10.1 Å². The van der Waals surface area contributed by atoms with E-state index in [1.807, 2.05) is 49.4 Å². The average molecular weight is 390 g/mol. The molecule has 0 aliphatic heterocycles. The third-order valence-corrected chi connectivity index (χ3v) is 4.87. The minimum atomic E-state index is -0.234. The average Bonchev–Trinajstić information content (AvgIpc) is 3.05. The topological polar surface area (TPSA) is 79.1 Å².